The molecule has 1 fully saturated rings. The Labute approximate surface area is 179 Å². The Bertz CT molecular complexity index is 1060. The van der Waals surface area contributed by atoms with Crippen molar-refractivity contribution in [2.24, 2.45) is 0 Å². The first-order valence-electron chi connectivity index (χ1n) is 10.6. The third kappa shape index (κ3) is 3.77. The lowest BCUT2D eigenvalue weighted by molar-refractivity contribution is -0.917. The molecule has 2 heterocycles. The lowest BCUT2D eigenvalue weighted by Crippen LogP contribution is -3.19. The fourth-order valence-electron chi connectivity index (χ4n) is 4.65. The van der Waals surface area contributed by atoms with Crippen molar-refractivity contribution in [3.05, 3.63) is 59.2 Å². The van der Waals surface area contributed by atoms with Crippen LogP contribution < -0.4 is 9.80 Å². The van der Waals surface area contributed by atoms with Crippen LogP contribution >= 0.6 is 0 Å². The van der Waals surface area contributed by atoms with Crippen molar-refractivity contribution in [3.63, 3.8) is 0 Å². The molecule has 7 heteroatoms. The molecule has 1 saturated heterocycles. The van der Waals surface area contributed by atoms with E-state index in [4.69, 9.17) is 0 Å². The molecule has 1 N–H and O–H groups in total. The number of nitrogens with one attached hydrogen (secondary N) is 1. The second-order valence-electron chi connectivity index (χ2n) is 8.42. The second-order valence-corrected chi connectivity index (χ2v) is 10.3. The summed E-state index contributed by atoms with van der Waals surface area (Å²) in [6, 6.07) is 13.3. The zero-order chi connectivity index (χ0) is 21.5. The van der Waals surface area contributed by atoms with Gasteiger partial charge in [-0.25, -0.2) is 8.42 Å². The number of aryl methyl sites for hydroxylation is 2. The Balaban J connectivity index is 1.42. The zero-order valence-electron chi connectivity index (χ0n) is 17.9. The van der Waals surface area contributed by atoms with Gasteiger partial charge in [-0.05, 0) is 50.5 Å². The van der Waals surface area contributed by atoms with Gasteiger partial charge < -0.3 is 9.80 Å². The van der Waals surface area contributed by atoms with Gasteiger partial charge in [-0.15, -0.1) is 0 Å². The van der Waals surface area contributed by atoms with Crippen molar-refractivity contribution >= 4 is 21.6 Å². The number of anilines is 1. The molecule has 0 aliphatic carbocycles. The molecule has 2 aromatic carbocycles. The number of para-hydroxylation sites is 1. The maximum atomic E-state index is 13.2. The molecular formula is C23H30N3O3S+. The minimum absolute atomic E-state index is 0.126. The van der Waals surface area contributed by atoms with Gasteiger partial charge >= 0.3 is 0 Å². The summed E-state index contributed by atoms with van der Waals surface area (Å²) in [6.07, 6.45) is 0.895. The van der Waals surface area contributed by atoms with Crippen molar-refractivity contribution < 1.29 is 18.1 Å². The van der Waals surface area contributed by atoms with Gasteiger partial charge in [0.05, 0.1) is 31.1 Å². The van der Waals surface area contributed by atoms with Crippen molar-refractivity contribution in [2.45, 2.75) is 38.1 Å². The molecule has 0 bridgehead atoms. The number of nitrogens with zero attached hydrogens (tertiary/aromatic N) is 2. The summed E-state index contributed by atoms with van der Waals surface area (Å²) in [6.45, 7) is 8.62. The minimum Gasteiger partial charge on any atom is -0.323 e. The Hall–Kier alpha value is -2.22. The van der Waals surface area contributed by atoms with E-state index in [0.29, 0.717) is 31.1 Å². The summed E-state index contributed by atoms with van der Waals surface area (Å²) in [5, 5.41) is 0. The molecular weight excluding hydrogens is 398 g/mol. The summed E-state index contributed by atoms with van der Waals surface area (Å²) in [5.74, 6) is 0.126. The molecule has 2 aromatic rings. The van der Waals surface area contributed by atoms with E-state index in [1.165, 1.54) is 5.56 Å². The van der Waals surface area contributed by atoms with Gasteiger partial charge in [-0.1, -0.05) is 35.9 Å². The second kappa shape index (κ2) is 8.13. The van der Waals surface area contributed by atoms with Gasteiger partial charge in [-0.3, -0.25) is 4.79 Å². The van der Waals surface area contributed by atoms with E-state index in [1.807, 2.05) is 56.0 Å². The smallest absolute Gasteiger partial charge is 0.284 e. The molecule has 0 saturated carbocycles. The largest absolute Gasteiger partial charge is 0.323 e. The fourth-order valence-corrected chi connectivity index (χ4v) is 6.30. The van der Waals surface area contributed by atoms with Gasteiger partial charge in [0.2, 0.25) is 10.0 Å². The van der Waals surface area contributed by atoms with Crippen LogP contribution in [0.5, 0.6) is 0 Å². The number of carbonyl (C=O) groups is 1. The van der Waals surface area contributed by atoms with Crippen molar-refractivity contribution in [1.82, 2.24) is 4.31 Å². The van der Waals surface area contributed by atoms with Crippen LogP contribution in [0.3, 0.4) is 0 Å². The van der Waals surface area contributed by atoms with E-state index in [0.717, 1.165) is 34.7 Å². The van der Waals surface area contributed by atoms with E-state index in [2.05, 4.69) is 6.07 Å². The normalized spacial score (nSPS) is 19.0. The first-order valence-corrected chi connectivity index (χ1v) is 12.0. The number of quaternary nitrogens is 1. The maximum Gasteiger partial charge on any atom is 0.284 e. The molecule has 0 aromatic heterocycles. The molecule has 4 rings (SSSR count). The number of carbonyl (C=O) groups excluding carboxylic acids is 1. The third-order valence-corrected chi connectivity index (χ3v) is 8.51. The highest BCUT2D eigenvalue weighted by atomic mass is 32.2. The van der Waals surface area contributed by atoms with Crippen molar-refractivity contribution in [1.29, 1.82) is 0 Å². The highest BCUT2D eigenvalue weighted by molar-refractivity contribution is 7.89. The summed E-state index contributed by atoms with van der Waals surface area (Å²) < 4.78 is 27.8. The lowest BCUT2D eigenvalue weighted by Gasteiger charge is -2.35. The topological polar surface area (TPSA) is 62.1 Å². The number of sulfonamides is 1. The summed E-state index contributed by atoms with van der Waals surface area (Å²) in [7, 11) is -3.51. The van der Waals surface area contributed by atoms with Crippen LogP contribution in [-0.2, 0) is 21.2 Å². The Kier molecular flexibility index (Phi) is 5.70. The highest BCUT2D eigenvalue weighted by Crippen LogP contribution is 2.27. The van der Waals surface area contributed by atoms with E-state index in [1.54, 1.807) is 10.4 Å². The molecule has 1 amide bonds. The number of hydrogen-bond acceptors (Lipinski definition) is 3. The molecule has 6 nitrogen and oxygen atoms in total. The van der Waals surface area contributed by atoms with E-state index in [-0.39, 0.29) is 11.9 Å². The van der Waals surface area contributed by atoms with Gasteiger partial charge in [-0.2, -0.15) is 4.31 Å². The molecule has 160 valence electrons. The average molecular weight is 429 g/mol. The van der Waals surface area contributed by atoms with Crippen LogP contribution in [0.2, 0.25) is 0 Å². The van der Waals surface area contributed by atoms with Gasteiger partial charge in [0.1, 0.15) is 0 Å². The minimum atomic E-state index is -3.51. The molecule has 2 aliphatic heterocycles. The Morgan fingerprint density at radius 2 is 1.73 bits per heavy atom. The number of hydrogen-bond donors (Lipinski definition) is 1. The number of benzene rings is 2. The maximum absolute atomic E-state index is 13.2. The first-order chi connectivity index (χ1) is 14.3. The van der Waals surface area contributed by atoms with Crippen molar-refractivity contribution in [2.75, 3.05) is 37.6 Å². The summed E-state index contributed by atoms with van der Waals surface area (Å²) in [4.78, 5) is 16.6. The van der Waals surface area contributed by atoms with Gasteiger partial charge in [0.15, 0.2) is 6.04 Å². The van der Waals surface area contributed by atoms with Crippen LogP contribution in [0.4, 0.5) is 5.69 Å². The predicted octanol–water partition coefficient (Wildman–Crippen LogP) is 1.17. The molecule has 0 unspecified atom stereocenters. The van der Waals surface area contributed by atoms with Crippen LogP contribution in [-0.4, -0.2) is 57.4 Å². The average Bonchev–Trinajstić information content (AvgIpc) is 3.16. The van der Waals surface area contributed by atoms with E-state index < -0.39 is 10.0 Å². The summed E-state index contributed by atoms with van der Waals surface area (Å²) in [5.41, 5.74) is 4.07. The monoisotopic (exact) mass is 428 g/mol. The number of amides is 1. The SMILES string of the molecule is Cc1ccc(S(=O)(=O)N2CC[NH+]([C@H](C)C(=O)N3CCc4ccccc43)CC2)c(C)c1. The quantitative estimate of drug-likeness (QED) is 0.795. The van der Waals surface area contributed by atoms with E-state index in [9.17, 15) is 13.2 Å². The number of piperazine rings is 1. The molecule has 1 atom stereocenters. The summed E-state index contributed by atoms with van der Waals surface area (Å²) >= 11 is 0. The fraction of sp³-hybridized carbons (Fsp3) is 0.435. The predicted molar refractivity (Wildman–Crippen MR) is 117 cm³/mol. The zero-order valence-corrected chi connectivity index (χ0v) is 18.7. The first kappa shape index (κ1) is 21.0. The van der Waals surface area contributed by atoms with Crippen LogP contribution in [0, 0.1) is 13.8 Å². The van der Waals surface area contributed by atoms with Gasteiger partial charge in [0.25, 0.3) is 5.91 Å². The van der Waals surface area contributed by atoms with Crippen LogP contribution in [0.25, 0.3) is 0 Å². The lowest BCUT2D eigenvalue weighted by atomic mass is 10.1. The number of fused-ring (bicyclic) bond motifs is 1. The molecule has 0 radical (unpaired) electrons. The van der Waals surface area contributed by atoms with Crippen molar-refractivity contribution in [3.8, 4) is 0 Å². The highest BCUT2D eigenvalue weighted by Gasteiger charge is 2.37. The number of rotatable bonds is 4. The Morgan fingerprint density at radius 3 is 2.43 bits per heavy atom. The van der Waals surface area contributed by atoms with Crippen LogP contribution in [0.1, 0.15) is 23.6 Å². The Morgan fingerprint density at radius 1 is 1.03 bits per heavy atom. The standard InChI is InChI=1S/C23H29N3O3S/c1-17-8-9-22(18(2)16-17)30(28,29)25-14-12-24(13-15-25)19(3)23(27)26-11-10-20-6-4-5-7-21(20)26/h4-9,16,19H,10-15H2,1-3H3/p+1/t19-/m1/s1. The van der Waals surface area contributed by atoms with Crippen LogP contribution in [0.15, 0.2) is 47.4 Å². The molecule has 0 spiro atoms. The molecule has 2 aliphatic rings. The molecule has 30 heavy (non-hydrogen) atoms. The van der Waals surface area contributed by atoms with E-state index >= 15 is 0 Å². The van der Waals surface area contributed by atoms with Gasteiger partial charge in [0, 0.05) is 12.2 Å². The third-order valence-electron chi connectivity index (χ3n) is 6.45.